The van der Waals surface area contributed by atoms with Crippen molar-refractivity contribution in [3.05, 3.63) is 64.8 Å². The summed E-state index contributed by atoms with van der Waals surface area (Å²) >= 11 is 0. The minimum atomic E-state index is 0.00979. The summed E-state index contributed by atoms with van der Waals surface area (Å²) in [5, 5.41) is 2.99. The van der Waals surface area contributed by atoms with Crippen molar-refractivity contribution in [2.75, 3.05) is 19.0 Å². The average Bonchev–Trinajstić information content (AvgIpc) is 3.05. The highest BCUT2D eigenvalue weighted by atomic mass is 16.5. The maximum Gasteiger partial charge on any atom is 0.328 e. The van der Waals surface area contributed by atoms with E-state index in [1.807, 2.05) is 35.9 Å². The second-order valence-electron chi connectivity index (χ2n) is 8.50. The van der Waals surface area contributed by atoms with Crippen LogP contribution >= 0.6 is 0 Å². The number of pyridine rings is 1. The number of fused-ring (bicyclic) bond motifs is 1. The summed E-state index contributed by atoms with van der Waals surface area (Å²) in [6.07, 6.45) is 10.9. The van der Waals surface area contributed by atoms with Crippen LogP contribution in [0.4, 0.5) is 5.69 Å². The van der Waals surface area contributed by atoms with E-state index >= 15 is 0 Å². The summed E-state index contributed by atoms with van der Waals surface area (Å²) in [5.41, 5.74) is 3.73. The lowest BCUT2D eigenvalue weighted by Crippen LogP contribution is -2.30. The van der Waals surface area contributed by atoms with E-state index in [0.717, 1.165) is 48.0 Å². The number of rotatable bonds is 7. The van der Waals surface area contributed by atoms with E-state index in [1.165, 1.54) is 0 Å². The highest BCUT2D eigenvalue weighted by Gasteiger charge is 2.27. The maximum atomic E-state index is 12.9. The molecule has 168 valence electrons. The summed E-state index contributed by atoms with van der Waals surface area (Å²) in [4.78, 5) is 29.5. The Hall–Kier alpha value is -3.19. The summed E-state index contributed by atoms with van der Waals surface area (Å²) in [6.45, 7) is 1.23. The van der Waals surface area contributed by atoms with E-state index < -0.39 is 0 Å². The largest absolute Gasteiger partial charge is 0.381 e. The van der Waals surface area contributed by atoms with Crippen LogP contribution in [0.1, 0.15) is 31.2 Å². The van der Waals surface area contributed by atoms with Gasteiger partial charge in [-0.05, 0) is 61.4 Å². The molecule has 2 aromatic heterocycles. The predicted octanol–water partition coefficient (Wildman–Crippen LogP) is 3.84. The van der Waals surface area contributed by atoms with Crippen LogP contribution in [0.2, 0.25) is 0 Å². The van der Waals surface area contributed by atoms with Gasteiger partial charge in [0.1, 0.15) is 0 Å². The monoisotopic (exact) mass is 434 g/mol. The van der Waals surface area contributed by atoms with Crippen LogP contribution in [0.5, 0.6) is 0 Å². The zero-order chi connectivity index (χ0) is 22.5. The van der Waals surface area contributed by atoms with Gasteiger partial charge in [-0.2, -0.15) is 0 Å². The highest BCUT2D eigenvalue weighted by Crippen LogP contribution is 2.31. The molecule has 0 bridgehead atoms. The van der Waals surface area contributed by atoms with Gasteiger partial charge < -0.3 is 10.1 Å². The fraction of sp³-hybridized carbons (Fsp3) is 0.400. The van der Waals surface area contributed by atoms with E-state index in [0.29, 0.717) is 19.1 Å². The lowest BCUT2D eigenvalue weighted by molar-refractivity contribution is -0.121. The first-order chi connectivity index (χ1) is 15.6. The van der Waals surface area contributed by atoms with Crippen LogP contribution in [-0.4, -0.2) is 33.7 Å². The third kappa shape index (κ3) is 4.83. The number of anilines is 1. The number of methoxy groups -OCH3 is 1. The van der Waals surface area contributed by atoms with Crippen molar-refractivity contribution in [2.45, 2.75) is 32.2 Å². The van der Waals surface area contributed by atoms with E-state index in [-0.39, 0.29) is 17.5 Å². The van der Waals surface area contributed by atoms with Crippen molar-refractivity contribution in [2.24, 2.45) is 18.9 Å². The van der Waals surface area contributed by atoms with Crippen LogP contribution in [-0.2, 0) is 23.1 Å². The van der Waals surface area contributed by atoms with Crippen molar-refractivity contribution >= 4 is 28.7 Å². The summed E-state index contributed by atoms with van der Waals surface area (Å²) in [5.74, 6) is 0.474. The predicted molar refractivity (Wildman–Crippen MR) is 126 cm³/mol. The summed E-state index contributed by atoms with van der Waals surface area (Å²) < 4.78 is 8.69. The number of hydrogen-bond acceptors (Lipinski definition) is 4. The molecule has 7 nitrogen and oxygen atoms in total. The van der Waals surface area contributed by atoms with Gasteiger partial charge in [0.15, 0.2) is 0 Å². The van der Waals surface area contributed by atoms with Crippen molar-refractivity contribution in [1.29, 1.82) is 0 Å². The number of imidazole rings is 1. The lowest BCUT2D eigenvalue weighted by atomic mass is 9.81. The van der Waals surface area contributed by atoms with E-state index in [9.17, 15) is 9.59 Å². The first-order valence-electron chi connectivity index (χ1n) is 11.1. The Morgan fingerprint density at radius 1 is 1.16 bits per heavy atom. The van der Waals surface area contributed by atoms with E-state index in [1.54, 1.807) is 36.2 Å². The molecule has 32 heavy (non-hydrogen) atoms. The number of benzene rings is 1. The van der Waals surface area contributed by atoms with Crippen molar-refractivity contribution in [3.8, 4) is 0 Å². The second kappa shape index (κ2) is 9.96. The minimum Gasteiger partial charge on any atom is -0.381 e. The van der Waals surface area contributed by atoms with Crippen molar-refractivity contribution < 1.29 is 9.53 Å². The zero-order valence-corrected chi connectivity index (χ0v) is 18.7. The Bertz CT molecular complexity index is 1160. The van der Waals surface area contributed by atoms with Gasteiger partial charge in [0.2, 0.25) is 5.91 Å². The number of aromatic nitrogens is 3. The number of carbonyl (C=O) groups excluding carboxylic acids is 1. The molecular formula is C25H30N4O3. The molecule has 0 unspecified atom stereocenters. The van der Waals surface area contributed by atoms with Gasteiger partial charge >= 0.3 is 5.69 Å². The Labute approximate surface area is 187 Å². The molecule has 0 spiro atoms. The molecule has 1 saturated carbocycles. The molecule has 0 saturated heterocycles. The van der Waals surface area contributed by atoms with Gasteiger partial charge in [0.05, 0.1) is 17.6 Å². The fourth-order valence-corrected chi connectivity index (χ4v) is 4.53. The topological polar surface area (TPSA) is 78.2 Å². The third-order valence-corrected chi connectivity index (χ3v) is 6.35. The molecule has 0 atom stereocenters. The first kappa shape index (κ1) is 22.0. The van der Waals surface area contributed by atoms with Crippen LogP contribution in [0.3, 0.4) is 0 Å². The van der Waals surface area contributed by atoms with Gasteiger partial charge in [-0.15, -0.1) is 0 Å². The maximum absolute atomic E-state index is 12.9. The molecule has 1 aliphatic rings. The third-order valence-electron chi connectivity index (χ3n) is 6.35. The summed E-state index contributed by atoms with van der Waals surface area (Å²) in [7, 11) is 3.49. The molecule has 1 aliphatic carbocycles. The van der Waals surface area contributed by atoms with Crippen LogP contribution < -0.4 is 11.0 Å². The molecular weight excluding hydrogens is 404 g/mol. The molecule has 1 N–H and O–H groups in total. The van der Waals surface area contributed by atoms with Crippen LogP contribution in [0.15, 0.2) is 53.6 Å². The van der Waals surface area contributed by atoms with Crippen molar-refractivity contribution in [1.82, 2.24) is 14.1 Å². The van der Waals surface area contributed by atoms with Gasteiger partial charge in [-0.1, -0.05) is 18.2 Å². The van der Waals surface area contributed by atoms with Gasteiger partial charge in [-0.3, -0.25) is 18.9 Å². The first-order valence-corrected chi connectivity index (χ1v) is 11.1. The molecule has 1 fully saturated rings. The van der Waals surface area contributed by atoms with E-state index in [4.69, 9.17) is 4.74 Å². The number of aryl methyl sites for hydroxylation is 1. The zero-order valence-electron chi connectivity index (χ0n) is 18.7. The SMILES string of the molecule is COC/C=C/c1ccc2c(c1)n(CC1CCC(C(=O)Nc3ccncc3)CC1)c(=O)n2C. The van der Waals surface area contributed by atoms with Crippen LogP contribution in [0.25, 0.3) is 17.1 Å². The van der Waals surface area contributed by atoms with E-state index in [2.05, 4.69) is 16.4 Å². The average molecular weight is 435 g/mol. The molecule has 2 heterocycles. The smallest absolute Gasteiger partial charge is 0.328 e. The fourth-order valence-electron chi connectivity index (χ4n) is 4.53. The molecule has 4 rings (SSSR count). The Kier molecular flexibility index (Phi) is 6.85. The number of amides is 1. The number of ether oxygens (including phenoxy) is 1. The van der Waals surface area contributed by atoms with Gasteiger partial charge in [0.25, 0.3) is 0 Å². The molecule has 1 aromatic carbocycles. The number of carbonyl (C=O) groups is 1. The summed E-state index contributed by atoms with van der Waals surface area (Å²) in [6, 6.07) is 9.69. The van der Waals surface area contributed by atoms with Gasteiger partial charge in [-0.25, -0.2) is 4.79 Å². The molecule has 1 amide bonds. The molecule has 0 radical (unpaired) electrons. The lowest BCUT2D eigenvalue weighted by Gasteiger charge is -2.28. The van der Waals surface area contributed by atoms with Crippen LogP contribution in [0, 0.1) is 11.8 Å². The molecule has 7 heteroatoms. The number of nitrogens with zero attached hydrogens (tertiary/aromatic N) is 3. The van der Waals surface area contributed by atoms with Crippen molar-refractivity contribution in [3.63, 3.8) is 0 Å². The number of hydrogen-bond donors (Lipinski definition) is 1. The Balaban J connectivity index is 1.43. The number of nitrogens with one attached hydrogen (secondary N) is 1. The second-order valence-corrected chi connectivity index (χ2v) is 8.50. The Morgan fingerprint density at radius 2 is 1.91 bits per heavy atom. The normalized spacial score (nSPS) is 18.9. The molecule has 3 aromatic rings. The minimum absolute atomic E-state index is 0.00979. The quantitative estimate of drug-likeness (QED) is 0.613. The highest BCUT2D eigenvalue weighted by molar-refractivity contribution is 5.92. The van der Waals surface area contributed by atoms with Gasteiger partial charge in [0, 0.05) is 44.7 Å². The standard InChI is InChI=1S/C25H30N4O3/c1-28-22-10-7-18(4-3-15-32-2)16-23(22)29(25(28)31)17-19-5-8-20(9-6-19)24(30)27-21-11-13-26-14-12-21/h3-4,7,10-14,16,19-20H,5-6,8-9,15,17H2,1-2H3,(H,26,27,30)/b4-3+. The molecule has 0 aliphatic heterocycles. The Morgan fingerprint density at radius 3 is 2.62 bits per heavy atom.